The molecule has 1 aromatic heterocycles. The van der Waals surface area contributed by atoms with Crippen LogP contribution in [-0.2, 0) is 4.79 Å². The molecule has 6 heteroatoms. The Bertz CT molecular complexity index is 976. The van der Waals surface area contributed by atoms with Crippen molar-refractivity contribution >= 4 is 23.6 Å². The fraction of sp³-hybridized carbons (Fsp3) is 0.227. The van der Waals surface area contributed by atoms with Crippen molar-refractivity contribution in [2.24, 2.45) is 0 Å². The minimum atomic E-state index is -0.00567. The Hall–Kier alpha value is -2.92. The van der Waals surface area contributed by atoms with Crippen LogP contribution in [0.25, 0.3) is 17.5 Å². The van der Waals surface area contributed by atoms with Gasteiger partial charge in [-0.05, 0) is 30.5 Å². The minimum absolute atomic E-state index is 0.00567. The van der Waals surface area contributed by atoms with Crippen molar-refractivity contribution in [2.45, 2.75) is 18.8 Å². The summed E-state index contributed by atoms with van der Waals surface area (Å²) in [6.07, 6.45) is 4.97. The van der Waals surface area contributed by atoms with Crippen LogP contribution in [0.1, 0.15) is 30.2 Å². The van der Waals surface area contributed by atoms with E-state index in [1.807, 2.05) is 59.5 Å². The highest BCUT2D eigenvalue weighted by Gasteiger charge is 2.27. The predicted octanol–water partition coefficient (Wildman–Crippen LogP) is 4.81. The van der Waals surface area contributed by atoms with Crippen LogP contribution in [-0.4, -0.2) is 34.0 Å². The van der Waals surface area contributed by atoms with Crippen molar-refractivity contribution in [2.75, 3.05) is 13.1 Å². The third-order valence-electron chi connectivity index (χ3n) is 4.94. The Morgan fingerprint density at radius 1 is 1.07 bits per heavy atom. The summed E-state index contributed by atoms with van der Waals surface area (Å²) in [5.74, 6) is 1.43. The maximum atomic E-state index is 12.5. The Kier molecular flexibility index (Phi) is 5.53. The molecule has 0 radical (unpaired) electrons. The van der Waals surface area contributed by atoms with Crippen LogP contribution in [0.5, 0.6) is 0 Å². The van der Waals surface area contributed by atoms with Crippen molar-refractivity contribution in [3.05, 3.63) is 77.2 Å². The van der Waals surface area contributed by atoms with Gasteiger partial charge in [0, 0.05) is 35.7 Å². The molecule has 1 aliphatic rings. The third kappa shape index (κ3) is 4.15. The summed E-state index contributed by atoms with van der Waals surface area (Å²) in [4.78, 5) is 18.9. The topological polar surface area (TPSA) is 59.2 Å². The Morgan fingerprint density at radius 3 is 2.54 bits per heavy atom. The molecule has 142 valence electrons. The molecular weight excluding hydrogens is 374 g/mol. The van der Waals surface area contributed by atoms with Gasteiger partial charge in [-0.3, -0.25) is 4.79 Å². The molecule has 0 N–H and O–H groups in total. The van der Waals surface area contributed by atoms with Crippen LogP contribution < -0.4 is 0 Å². The lowest BCUT2D eigenvalue weighted by Crippen LogP contribution is -2.36. The standard InChI is InChI=1S/C22H20ClN3O2/c23-19-9-5-4-6-16(19)10-11-20(27)26-14-12-18(13-15-26)22-24-21(25-28-22)17-7-2-1-3-8-17/h1-11,18H,12-15H2/b11-10+. The van der Waals surface area contributed by atoms with Crippen molar-refractivity contribution in [3.8, 4) is 11.4 Å². The van der Waals surface area contributed by atoms with Gasteiger partial charge in [-0.15, -0.1) is 0 Å². The van der Waals surface area contributed by atoms with Crippen molar-refractivity contribution in [1.29, 1.82) is 0 Å². The van der Waals surface area contributed by atoms with Gasteiger partial charge in [0.05, 0.1) is 0 Å². The molecule has 0 atom stereocenters. The first-order valence-corrected chi connectivity index (χ1v) is 9.69. The van der Waals surface area contributed by atoms with E-state index >= 15 is 0 Å². The molecule has 5 nitrogen and oxygen atoms in total. The van der Waals surface area contributed by atoms with E-state index in [1.165, 1.54) is 0 Å². The van der Waals surface area contributed by atoms with Crippen LogP contribution in [0.2, 0.25) is 5.02 Å². The molecule has 2 heterocycles. The molecule has 1 aliphatic heterocycles. The van der Waals surface area contributed by atoms with E-state index in [1.54, 1.807) is 12.2 Å². The SMILES string of the molecule is O=C(/C=C/c1ccccc1Cl)N1CCC(c2nc(-c3ccccc3)no2)CC1. The van der Waals surface area contributed by atoms with Crippen molar-refractivity contribution in [1.82, 2.24) is 15.0 Å². The van der Waals surface area contributed by atoms with E-state index in [0.29, 0.717) is 29.8 Å². The normalized spacial score (nSPS) is 15.2. The number of amides is 1. The van der Waals surface area contributed by atoms with Gasteiger partial charge < -0.3 is 9.42 Å². The summed E-state index contributed by atoms with van der Waals surface area (Å²) in [6.45, 7) is 1.33. The minimum Gasteiger partial charge on any atom is -0.339 e. The zero-order chi connectivity index (χ0) is 19.3. The molecule has 1 fully saturated rings. The average molecular weight is 394 g/mol. The maximum absolute atomic E-state index is 12.5. The molecule has 3 aromatic rings. The van der Waals surface area contributed by atoms with Crippen molar-refractivity contribution in [3.63, 3.8) is 0 Å². The van der Waals surface area contributed by atoms with Crippen LogP contribution in [0, 0.1) is 0 Å². The number of carbonyl (C=O) groups is 1. The predicted molar refractivity (Wildman–Crippen MR) is 109 cm³/mol. The van der Waals surface area contributed by atoms with Crippen LogP contribution >= 0.6 is 11.6 Å². The van der Waals surface area contributed by atoms with Gasteiger partial charge in [0.1, 0.15) is 0 Å². The highest BCUT2D eigenvalue weighted by molar-refractivity contribution is 6.32. The van der Waals surface area contributed by atoms with E-state index in [2.05, 4.69) is 10.1 Å². The molecule has 0 bridgehead atoms. The summed E-state index contributed by atoms with van der Waals surface area (Å²) in [5, 5.41) is 4.73. The fourth-order valence-electron chi connectivity index (χ4n) is 3.33. The van der Waals surface area contributed by atoms with E-state index < -0.39 is 0 Å². The Labute approximate surface area is 168 Å². The summed E-state index contributed by atoms with van der Waals surface area (Å²) >= 11 is 6.13. The maximum Gasteiger partial charge on any atom is 0.246 e. The van der Waals surface area contributed by atoms with Gasteiger partial charge >= 0.3 is 0 Å². The lowest BCUT2D eigenvalue weighted by Gasteiger charge is -2.29. The smallest absolute Gasteiger partial charge is 0.246 e. The Balaban J connectivity index is 1.35. The monoisotopic (exact) mass is 393 g/mol. The highest BCUT2D eigenvalue weighted by atomic mass is 35.5. The summed E-state index contributed by atoms with van der Waals surface area (Å²) < 4.78 is 5.48. The summed E-state index contributed by atoms with van der Waals surface area (Å²) in [6, 6.07) is 17.2. The molecule has 0 aliphatic carbocycles. The van der Waals surface area contributed by atoms with Crippen LogP contribution in [0.4, 0.5) is 0 Å². The second-order valence-electron chi connectivity index (χ2n) is 6.78. The molecule has 0 spiro atoms. The molecule has 0 saturated carbocycles. The first kappa shape index (κ1) is 18.4. The number of halogens is 1. The molecule has 2 aromatic carbocycles. The largest absolute Gasteiger partial charge is 0.339 e. The van der Waals surface area contributed by atoms with Crippen LogP contribution in [0.3, 0.4) is 0 Å². The van der Waals surface area contributed by atoms with Gasteiger partial charge in [-0.2, -0.15) is 4.98 Å². The zero-order valence-electron chi connectivity index (χ0n) is 15.3. The van der Waals surface area contributed by atoms with Gasteiger partial charge in [-0.1, -0.05) is 65.3 Å². The lowest BCUT2D eigenvalue weighted by atomic mass is 9.96. The van der Waals surface area contributed by atoms with E-state index in [0.717, 1.165) is 24.0 Å². The van der Waals surface area contributed by atoms with E-state index in [-0.39, 0.29) is 11.8 Å². The van der Waals surface area contributed by atoms with Crippen molar-refractivity contribution < 1.29 is 9.32 Å². The number of hydrogen-bond donors (Lipinski definition) is 0. The molecule has 1 saturated heterocycles. The zero-order valence-corrected chi connectivity index (χ0v) is 16.0. The summed E-state index contributed by atoms with van der Waals surface area (Å²) in [5.41, 5.74) is 1.78. The third-order valence-corrected chi connectivity index (χ3v) is 5.28. The van der Waals surface area contributed by atoms with Gasteiger partial charge in [0.2, 0.25) is 17.6 Å². The first-order valence-electron chi connectivity index (χ1n) is 9.31. The summed E-state index contributed by atoms with van der Waals surface area (Å²) in [7, 11) is 0. The quantitative estimate of drug-likeness (QED) is 0.597. The molecule has 1 amide bonds. The number of likely N-dealkylation sites (tertiary alicyclic amines) is 1. The lowest BCUT2D eigenvalue weighted by molar-refractivity contribution is -0.127. The second kappa shape index (κ2) is 8.40. The number of rotatable bonds is 4. The van der Waals surface area contributed by atoms with Gasteiger partial charge in [0.25, 0.3) is 0 Å². The average Bonchev–Trinajstić information content (AvgIpc) is 3.24. The number of carbonyl (C=O) groups excluding carboxylic acids is 1. The number of nitrogens with zero attached hydrogens (tertiary/aromatic N) is 3. The van der Waals surface area contributed by atoms with E-state index in [4.69, 9.17) is 16.1 Å². The van der Waals surface area contributed by atoms with Gasteiger partial charge in [0.15, 0.2) is 0 Å². The Morgan fingerprint density at radius 2 is 1.79 bits per heavy atom. The number of aromatic nitrogens is 2. The number of benzene rings is 2. The van der Waals surface area contributed by atoms with E-state index in [9.17, 15) is 4.79 Å². The van der Waals surface area contributed by atoms with Gasteiger partial charge in [-0.25, -0.2) is 0 Å². The fourth-order valence-corrected chi connectivity index (χ4v) is 3.53. The molecule has 0 unspecified atom stereocenters. The first-order chi connectivity index (χ1) is 13.7. The second-order valence-corrected chi connectivity index (χ2v) is 7.18. The number of piperidine rings is 1. The number of hydrogen-bond acceptors (Lipinski definition) is 4. The molecule has 28 heavy (non-hydrogen) atoms. The van der Waals surface area contributed by atoms with Crippen LogP contribution in [0.15, 0.2) is 65.2 Å². The highest BCUT2D eigenvalue weighted by Crippen LogP contribution is 2.28. The molecule has 4 rings (SSSR count). The molecular formula is C22H20ClN3O2.